The van der Waals surface area contributed by atoms with Crippen molar-refractivity contribution >= 4 is 22.8 Å². The number of carboxylic acid groups (broad SMARTS) is 1. The topological polar surface area (TPSA) is 96.7 Å². The van der Waals surface area contributed by atoms with Gasteiger partial charge in [0.15, 0.2) is 17.3 Å². The lowest BCUT2D eigenvalue weighted by Gasteiger charge is -2.29. The van der Waals surface area contributed by atoms with Crippen LogP contribution in [0.3, 0.4) is 0 Å². The second-order valence-corrected chi connectivity index (χ2v) is 6.65. The highest BCUT2D eigenvalue weighted by atomic mass is 19.1. The smallest absolute Gasteiger partial charge is 0.341 e. The van der Waals surface area contributed by atoms with E-state index in [1.54, 1.807) is 29.2 Å². The SMILES string of the molecule is COc1ccc(-n2cc(C(=O)O)c(=O)c3cc(F)c(N4CCNCC4)nc32)cc1. The van der Waals surface area contributed by atoms with Crippen molar-refractivity contribution in [3.8, 4) is 11.4 Å². The van der Waals surface area contributed by atoms with E-state index in [1.807, 2.05) is 0 Å². The Morgan fingerprint density at radius 2 is 1.93 bits per heavy atom. The molecule has 0 bridgehead atoms. The summed E-state index contributed by atoms with van der Waals surface area (Å²) in [5.41, 5.74) is -0.455. The van der Waals surface area contributed by atoms with Crippen LogP contribution in [0.1, 0.15) is 10.4 Å². The van der Waals surface area contributed by atoms with Gasteiger partial charge >= 0.3 is 5.97 Å². The Labute approximate surface area is 165 Å². The molecule has 0 saturated carbocycles. The molecule has 3 aromatic rings. The fourth-order valence-electron chi connectivity index (χ4n) is 3.40. The summed E-state index contributed by atoms with van der Waals surface area (Å²) in [4.78, 5) is 30.5. The van der Waals surface area contributed by atoms with Gasteiger partial charge in [-0.25, -0.2) is 14.2 Å². The van der Waals surface area contributed by atoms with Crippen molar-refractivity contribution in [3.05, 3.63) is 58.1 Å². The minimum Gasteiger partial charge on any atom is -0.497 e. The van der Waals surface area contributed by atoms with Gasteiger partial charge in [0.2, 0.25) is 5.43 Å². The summed E-state index contributed by atoms with van der Waals surface area (Å²) in [7, 11) is 1.54. The Morgan fingerprint density at radius 3 is 2.55 bits per heavy atom. The molecule has 9 heteroatoms. The molecule has 0 aliphatic carbocycles. The molecule has 1 saturated heterocycles. The molecule has 150 valence electrons. The van der Waals surface area contributed by atoms with E-state index in [0.717, 1.165) is 6.07 Å². The van der Waals surface area contributed by atoms with Gasteiger partial charge in [-0.1, -0.05) is 0 Å². The Morgan fingerprint density at radius 1 is 1.24 bits per heavy atom. The van der Waals surface area contributed by atoms with Gasteiger partial charge in [0.1, 0.15) is 11.3 Å². The van der Waals surface area contributed by atoms with E-state index in [0.29, 0.717) is 37.6 Å². The number of carbonyl (C=O) groups is 1. The van der Waals surface area contributed by atoms with Crippen molar-refractivity contribution in [1.29, 1.82) is 0 Å². The van der Waals surface area contributed by atoms with Crippen LogP contribution < -0.4 is 20.4 Å². The molecule has 3 heterocycles. The Balaban J connectivity index is 1.99. The van der Waals surface area contributed by atoms with E-state index >= 15 is 0 Å². The van der Waals surface area contributed by atoms with Gasteiger partial charge in [0, 0.05) is 38.1 Å². The van der Waals surface area contributed by atoms with Crippen LogP contribution in [-0.2, 0) is 0 Å². The van der Waals surface area contributed by atoms with E-state index in [-0.39, 0.29) is 16.9 Å². The van der Waals surface area contributed by atoms with Crippen LogP contribution in [0.25, 0.3) is 16.7 Å². The van der Waals surface area contributed by atoms with Gasteiger partial charge in [-0.15, -0.1) is 0 Å². The zero-order valence-corrected chi connectivity index (χ0v) is 15.7. The first-order valence-electron chi connectivity index (χ1n) is 9.09. The van der Waals surface area contributed by atoms with E-state index in [1.165, 1.54) is 17.9 Å². The molecule has 8 nitrogen and oxygen atoms in total. The second kappa shape index (κ2) is 7.51. The number of hydrogen-bond acceptors (Lipinski definition) is 6. The van der Waals surface area contributed by atoms with E-state index in [2.05, 4.69) is 10.3 Å². The number of benzene rings is 1. The number of nitrogens with zero attached hydrogens (tertiary/aromatic N) is 3. The minimum absolute atomic E-state index is 0.0860. The van der Waals surface area contributed by atoms with Crippen molar-refractivity contribution in [2.75, 3.05) is 38.2 Å². The number of aromatic nitrogens is 2. The lowest BCUT2D eigenvalue weighted by atomic mass is 10.1. The molecule has 0 unspecified atom stereocenters. The molecule has 4 rings (SSSR count). The van der Waals surface area contributed by atoms with E-state index in [9.17, 15) is 19.1 Å². The summed E-state index contributed by atoms with van der Waals surface area (Å²) in [6, 6.07) is 7.92. The number of nitrogens with one attached hydrogen (secondary N) is 1. The Hall–Kier alpha value is -3.46. The summed E-state index contributed by atoms with van der Waals surface area (Å²) in [6.45, 7) is 2.55. The highest BCUT2D eigenvalue weighted by Gasteiger charge is 2.22. The molecule has 0 radical (unpaired) electrons. The van der Waals surface area contributed by atoms with Gasteiger partial charge in [-0.2, -0.15) is 0 Å². The first-order chi connectivity index (χ1) is 14.0. The number of carboxylic acids is 1. The molecule has 0 spiro atoms. The summed E-state index contributed by atoms with van der Waals surface area (Å²) in [6.07, 6.45) is 1.22. The van der Waals surface area contributed by atoms with Crippen molar-refractivity contribution in [2.24, 2.45) is 0 Å². The Bertz CT molecular complexity index is 1140. The molecule has 2 aromatic heterocycles. The molecular formula is C20H19FN4O4. The standard InChI is InChI=1S/C20H19FN4O4/c1-29-13-4-2-12(3-5-13)25-11-15(20(27)28)17(26)14-10-16(21)19(23-18(14)25)24-8-6-22-7-9-24/h2-5,10-11,22H,6-9H2,1H3,(H,27,28). The van der Waals surface area contributed by atoms with Crippen molar-refractivity contribution in [1.82, 2.24) is 14.9 Å². The molecule has 1 aromatic carbocycles. The number of halogens is 1. The number of methoxy groups -OCH3 is 1. The maximum atomic E-state index is 14.8. The lowest BCUT2D eigenvalue weighted by Crippen LogP contribution is -2.44. The lowest BCUT2D eigenvalue weighted by molar-refractivity contribution is 0.0695. The summed E-state index contributed by atoms with van der Waals surface area (Å²) in [5, 5.41) is 12.6. The van der Waals surface area contributed by atoms with Crippen LogP contribution in [0.15, 0.2) is 41.3 Å². The van der Waals surface area contributed by atoms with E-state index in [4.69, 9.17) is 4.74 Å². The maximum Gasteiger partial charge on any atom is 0.341 e. The average Bonchev–Trinajstić information content (AvgIpc) is 2.74. The molecule has 1 fully saturated rings. The largest absolute Gasteiger partial charge is 0.497 e. The summed E-state index contributed by atoms with van der Waals surface area (Å²) >= 11 is 0. The van der Waals surface area contributed by atoms with Crippen molar-refractivity contribution in [3.63, 3.8) is 0 Å². The third kappa shape index (κ3) is 3.40. The molecule has 2 N–H and O–H groups in total. The first kappa shape index (κ1) is 18.9. The number of anilines is 1. The number of ether oxygens (including phenoxy) is 1. The normalized spacial score (nSPS) is 14.2. The molecule has 0 amide bonds. The van der Waals surface area contributed by atoms with Gasteiger partial charge in [0.25, 0.3) is 0 Å². The molecule has 1 aliphatic heterocycles. The average molecular weight is 398 g/mol. The number of piperazine rings is 1. The molecule has 0 atom stereocenters. The number of rotatable bonds is 4. The minimum atomic E-state index is -1.38. The zero-order chi connectivity index (χ0) is 20.5. The zero-order valence-electron chi connectivity index (χ0n) is 15.7. The fraction of sp³-hybridized carbons (Fsp3) is 0.250. The fourth-order valence-corrected chi connectivity index (χ4v) is 3.40. The highest BCUT2D eigenvalue weighted by Crippen LogP contribution is 2.24. The van der Waals surface area contributed by atoms with E-state index < -0.39 is 22.8 Å². The van der Waals surface area contributed by atoms with Crippen molar-refractivity contribution < 1.29 is 19.0 Å². The highest BCUT2D eigenvalue weighted by molar-refractivity contribution is 5.92. The van der Waals surface area contributed by atoms with Gasteiger partial charge < -0.3 is 24.6 Å². The van der Waals surface area contributed by atoms with Gasteiger partial charge in [-0.05, 0) is 30.3 Å². The second-order valence-electron chi connectivity index (χ2n) is 6.65. The van der Waals surface area contributed by atoms with Crippen LogP contribution >= 0.6 is 0 Å². The third-order valence-corrected chi connectivity index (χ3v) is 4.91. The maximum absolute atomic E-state index is 14.8. The number of hydrogen-bond donors (Lipinski definition) is 2. The van der Waals surface area contributed by atoms with Gasteiger partial charge in [0.05, 0.1) is 12.5 Å². The van der Waals surface area contributed by atoms with Crippen LogP contribution in [0, 0.1) is 5.82 Å². The Kier molecular flexibility index (Phi) is 4.89. The van der Waals surface area contributed by atoms with Gasteiger partial charge in [-0.3, -0.25) is 4.79 Å². The molecule has 29 heavy (non-hydrogen) atoms. The molecular weight excluding hydrogens is 379 g/mol. The quantitative estimate of drug-likeness (QED) is 0.690. The summed E-state index contributed by atoms with van der Waals surface area (Å²) in [5.74, 6) is -1.27. The third-order valence-electron chi connectivity index (χ3n) is 4.91. The first-order valence-corrected chi connectivity index (χ1v) is 9.09. The monoisotopic (exact) mass is 398 g/mol. The number of fused-ring (bicyclic) bond motifs is 1. The van der Waals surface area contributed by atoms with Crippen molar-refractivity contribution in [2.45, 2.75) is 0 Å². The summed E-state index contributed by atoms with van der Waals surface area (Å²) < 4.78 is 21.5. The molecule has 1 aliphatic rings. The van der Waals surface area contributed by atoms with Crippen LogP contribution in [-0.4, -0.2) is 53.9 Å². The van der Waals surface area contributed by atoms with Crippen LogP contribution in [0.2, 0.25) is 0 Å². The predicted molar refractivity (Wildman–Crippen MR) is 106 cm³/mol. The number of pyridine rings is 2. The number of aromatic carboxylic acids is 1. The predicted octanol–water partition coefficient (Wildman–Crippen LogP) is 1.64. The van der Waals surface area contributed by atoms with Crippen LogP contribution in [0.4, 0.5) is 10.2 Å². The van der Waals surface area contributed by atoms with Crippen LogP contribution in [0.5, 0.6) is 5.75 Å².